The van der Waals surface area contributed by atoms with Crippen molar-refractivity contribution in [2.24, 2.45) is 5.73 Å². The average molecular weight is 325 g/mol. The first-order valence-electron chi connectivity index (χ1n) is 7.63. The van der Waals surface area contributed by atoms with Crippen LogP contribution >= 0.6 is 12.4 Å². The van der Waals surface area contributed by atoms with Crippen molar-refractivity contribution in [2.45, 2.75) is 45.1 Å². The molecule has 2 rings (SSSR count). The number of hydrogen-bond acceptors (Lipinski definition) is 3. The predicted molar refractivity (Wildman–Crippen MR) is 90.6 cm³/mol. The lowest BCUT2D eigenvalue weighted by molar-refractivity contribution is -0.131. The first kappa shape index (κ1) is 18.7. The van der Waals surface area contributed by atoms with Crippen LogP contribution in [-0.2, 0) is 17.6 Å². The molecule has 0 saturated heterocycles. The van der Waals surface area contributed by atoms with Crippen LogP contribution in [0.25, 0.3) is 0 Å². The van der Waals surface area contributed by atoms with Gasteiger partial charge in [0, 0.05) is 38.0 Å². The Bertz CT molecular complexity index is 545. The third-order valence-corrected chi connectivity index (χ3v) is 4.38. The van der Waals surface area contributed by atoms with E-state index in [1.165, 1.54) is 17.5 Å². The Hall–Kier alpha value is -1.39. The molecule has 0 fully saturated rings. The molecule has 0 heterocycles. The second-order valence-corrected chi connectivity index (χ2v) is 5.85. The molecule has 1 aromatic rings. The lowest BCUT2D eigenvalue weighted by Gasteiger charge is -2.23. The number of ketones is 1. The molecular formula is C17H25ClN2O2. The molecule has 2 N–H and O–H groups in total. The van der Waals surface area contributed by atoms with Crippen LogP contribution < -0.4 is 5.73 Å². The zero-order chi connectivity index (χ0) is 15.4. The van der Waals surface area contributed by atoms with Gasteiger partial charge in [0.1, 0.15) is 0 Å². The summed E-state index contributed by atoms with van der Waals surface area (Å²) in [5.41, 5.74) is 8.94. The normalized spacial score (nSPS) is 14.0. The van der Waals surface area contributed by atoms with Crippen LogP contribution in [-0.4, -0.2) is 36.2 Å². The molecule has 122 valence electrons. The van der Waals surface area contributed by atoms with Gasteiger partial charge in [0.05, 0.1) is 0 Å². The number of nitrogens with zero attached hydrogens (tertiary/aromatic N) is 1. The number of fused-ring (bicyclic) bond motifs is 1. The number of benzene rings is 1. The van der Waals surface area contributed by atoms with Crippen molar-refractivity contribution in [3.05, 3.63) is 34.9 Å². The van der Waals surface area contributed by atoms with Gasteiger partial charge in [0.15, 0.2) is 5.78 Å². The molecule has 1 aliphatic carbocycles. The number of carbonyl (C=O) groups is 2. The summed E-state index contributed by atoms with van der Waals surface area (Å²) in [6, 6.07) is 5.96. The van der Waals surface area contributed by atoms with E-state index in [0.717, 1.165) is 18.4 Å². The lowest BCUT2D eigenvalue weighted by atomic mass is 10.0. The number of likely N-dealkylation sites (N-methyl/N-ethyl adjacent to an activating group) is 1. The van der Waals surface area contributed by atoms with Crippen LogP contribution in [0.5, 0.6) is 0 Å². The molecule has 22 heavy (non-hydrogen) atoms. The van der Waals surface area contributed by atoms with E-state index in [9.17, 15) is 9.59 Å². The van der Waals surface area contributed by atoms with Gasteiger partial charge in [-0.25, -0.2) is 0 Å². The number of amides is 1. The van der Waals surface area contributed by atoms with Gasteiger partial charge in [-0.05, 0) is 43.4 Å². The van der Waals surface area contributed by atoms with Crippen molar-refractivity contribution >= 4 is 24.1 Å². The van der Waals surface area contributed by atoms with Gasteiger partial charge in [0.2, 0.25) is 5.91 Å². The number of halogens is 1. The Morgan fingerprint density at radius 1 is 1.23 bits per heavy atom. The molecule has 5 heteroatoms. The van der Waals surface area contributed by atoms with Crippen LogP contribution in [0.4, 0.5) is 0 Å². The molecule has 0 spiro atoms. The standard InChI is InChI=1S/C17H24N2O2.ClH/c1-12(11-18)19(2)17(21)9-8-16(20)15-7-6-13-4-3-5-14(13)10-15;/h6-7,10,12H,3-5,8-9,11,18H2,1-2H3;1H. The van der Waals surface area contributed by atoms with Gasteiger partial charge in [0.25, 0.3) is 0 Å². The highest BCUT2D eigenvalue weighted by Crippen LogP contribution is 2.23. The van der Waals surface area contributed by atoms with Gasteiger partial charge >= 0.3 is 0 Å². The monoisotopic (exact) mass is 324 g/mol. The summed E-state index contributed by atoms with van der Waals surface area (Å²) in [6.45, 7) is 2.33. The minimum absolute atomic E-state index is 0. The summed E-state index contributed by atoms with van der Waals surface area (Å²) in [5, 5.41) is 0. The molecular weight excluding hydrogens is 300 g/mol. The van der Waals surface area contributed by atoms with Crippen molar-refractivity contribution < 1.29 is 9.59 Å². The first-order valence-corrected chi connectivity index (χ1v) is 7.63. The quantitative estimate of drug-likeness (QED) is 0.817. The predicted octanol–water partition coefficient (Wildman–Crippen LogP) is 2.37. The van der Waals surface area contributed by atoms with E-state index < -0.39 is 0 Å². The third-order valence-electron chi connectivity index (χ3n) is 4.38. The van der Waals surface area contributed by atoms with Crippen LogP contribution in [0.2, 0.25) is 0 Å². The maximum absolute atomic E-state index is 12.2. The number of aryl methyl sites for hydroxylation is 2. The molecule has 0 aliphatic heterocycles. The highest BCUT2D eigenvalue weighted by Gasteiger charge is 2.17. The Morgan fingerprint density at radius 3 is 2.59 bits per heavy atom. The molecule has 0 radical (unpaired) electrons. The van der Waals surface area contributed by atoms with Gasteiger partial charge in [-0.2, -0.15) is 0 Å². The zero-order valence-corrected chi connectivity index (χ0v) is 14.1. The van der Waals surface area contributed by atoms with Crippen molar-refractivity contribution in [3.8, 4) is 0 Å². The number of hydrogen-bond donors (Lipinski definition) is 1. The summed E-state index contributed by atoms with van der Waals surface area (Å²) >= 11 is 0. The summed E-state index contributed by atoms with van der Waals surface area (Å²) in [7, 11) is 1.74. The lowest BCUT2D eigenvalue weighted by Crippen LogP contribution is -2.39. The van der Waals surface area contributed by atoms with Crippen LogP contribution in [0, 0.1) is 0 Å². The minimum Gasteiger partial charge on any atom is -0.342 e. The van der Waals surface area contributed by atoms with Gasteiger partial charge in [-0.3, -0.25) is 9.59 Å². The SMILES string of the molecule is CC(CN)N(C)C(=O)CCC(=O)c1ccc2c(c1)CCC2.Cl. The molecule has 1 aromatic carbocycles. The summed E-state index contributed by atoms with van der Waals surface area (Å²) in [5.74, 6) is 0.0225. The molecule has 0 aromatic heterocycles. The Kier molecular flexibility index (Phi) is 7.04. The van der Waals surface area contributed by atoms with Crippen molar-refractivity contribution in [1.82, 2.24) is 4.90 Å². The molecule has 1 amide bonds. The van der Waals surface area contributed by atoms with E-state index >= 15 is 0 Å². The number of rotatable bonds is 6. The van der Waals surface area contributed by atoms with E-state index in [0.29, 0.717) is 6.54 Å². The molecule has 1 atom stereocenters. The van der Waals surface area contributed by atoms with Crippen molar-refractivity contribution in [2.75, 3.05) is 13.6 Å². The van der Waals surface area contributed by atoms with Crippen LogP contribution in [0.15, 0.2) is 18.2 Å². The third kappa shape index (κ3) is 4.31. The first-order chi connectivity index (χ1) is 10.0. The largest absolute Gasteiger partial charge is 0.342 e. The van der Waals surface area contributed by atoms with Gasteiger partial charge < -0.3 is 10.6 Å². The smallest absolute Gasteiger partial charge is 0.223 e. The molecule has 1 aliphatic rings. The zero-order valence-electron chi connectivity index (χ0n) is 13.3. The second kappa shape index (κ2) is 8.30. The Morgan fingerprint density at radius 2 is 1.91 bits per heavy atom. The number of Topliss-reactive ketones (excluding diaryl/α,β-unsaturated/α-hetero) is 1. The summed E-state index contributed by atoms with van der Waals surface area (Å²) in [4.78, 5) is 25.8. The Balaban J connectivity index is 0.00000242. The van der Waals surface area contributed by atoms with Crippen LogP contribution in [0.3, 0.4) is 0 Å². The second-order valence-electron chi connectivity index (χ2n) is 5.85. The molecule has 4 nitrogen and oxygen atoms in total. The van der Waals surface area contributed by atoms with E-state index in [1.54, 1.807) is 11.9 Å². The fourth-order valence-corrected chi connectivity index (χ4v) is 2.69. The number of nitrogens with two attached hydrogens (primary N) is 1. The van der Waals surface area contributed by atoms with Gasteiger partial charge in [-0.15, -0.1) is 12.4 Å². The fourth-order valence-electron chi connectivity index (χ4n) is 2.69. The van der Waals surface area contributed by atoms with Crippen LogP contribution in [0.1, 0.15) is 47.7 Å². The summed E-state index contributed by atoms with van der Waals surface area (Å²) in [6.07, 6.45) is 3.86. The summed E-state index contributed by atoms with van der Waals surface area (Å²) < 4.78 is 0. The topological polar surface area (TPSA) is 63.4 Å². The molecule has 0 saturated carbocycles. The molecule has 1 unspecified atom stereocenters. The highest BCUT2D eigenvalue weighted by molar-refractivity contribution is 5.98. The van der Waals surface area contributed by atoms with Crippen molar-refractivity contribution in [3.63, 3.8) is 0 Å². The van der Waals surface area contributed by atoms with E-state index in [2.05, 4.69) is 6.07 Å². The Labute approximate surface area is 138 Å². The van der Waals surface area contributed by atoms with Gasteiger partial charge in [-0.1, -0.05) is 12.1 Å². The maximum atomic E-state index is 12.2. The van der Waals surface area contributed by atoms with E-state index in [4.69, 9.17) is 5.73 Å². The van der Waals surface area contributed by atoms with Crippen molar-refractivity contribution in [1.29, 1.82) is 0 Å². The maximum Gasteiger partial charge on any atom is 0.223 e. The van der Waals surface area contributed by atoms with E-state index in [1.807, 2.05) is 19.1 Å². The minimum atomic E-state index is -0.0255. The fraction of sp³-hybridized carbons (Fsp3) is 0.529. The number of carbonyl (C=O) groups excluding carboxylic acids is 2. The highest BCUT2D eigenvalue weighted by atomic mass is 35.5. The molecule has 0 bridgehead atoms. The van der Waals surface area contributed by atoms with E-state index in [-0.39, 0.29) is 43.0 Å². The average Bonchev–Trinajstić information content (AvgIpc) is 2.97.